The van der Waals surface area contributed by atoms with Crippen LogP contribution in [0.15, 0.2) is 12.1 Å². The fourth-order valence-electron chi connectivity index (χ4n) is 2.31. The summed E-state index contributed by atoms with van der Waals surface area (Å²) >= 11 is 0. The number of piperidine rings is 1. The van der Waals surface area contributed by atoms with Crippen LogP contribution in [0.25, 0.3) is 0 Å². The van der Waals surface area contributed by atoms with Gasteiger partial charge in [-0.3, -0.25) is 14.5 Å². The van der Waals surface area contributed by atoms with Crippen molar-refractivity contribution in [3.05, 3.63) is 23.5 Å². The van der Waals surface area contributed by atoms with Gasteiger partial charge in [0.1, 0.15) is 6.04 Å². The summed E-state index contributed by atoms with van der Waals surface area (Å²) in [6.45, 7) is 3.97. The third kappa shape index (κ3) is 1.54. The molecular weight excluding hydrogens is 204 g/mol. The quantitative estimate of drug-likeness (QED) is 0.672. The van der Waals surface area contributed by atoms with E-state index in [0.29, 0.717) is 12.8 Å². The third-order valence-corrected chi connectivity index (χ3v) is 3.26. The van der Waals surface area contributed by atoms with Gasteiger partial charge in [0.2, 0.25) is 5.91 Å². The molecule has 1 aliphatic heterocycles. The molecule has 4 heteroatoms. The smallest absolute Gasteiger partial charge is 0.251 e. The van der Waals surface area contributed by atoms with Gasteiger partial charge in [-0.2, -0.15) is 0 Å². The Morgan fingerprint density at radius 2 is 1.75 bits per heavy atom. The molecule has 1 fully saturated rings. The summed E-state index contributed by atoms with van der Waals surface area (Å²) < 4.78 is 2.02. The molecule has 4 nitrogen and oxygen atoms in total. The van der Waals surface area contributed by atoms with E-state index in [-0.39, 0.29) is 17.9 Å². The lowest BCUT2D eigenvalue weighted by molar-refractivity contribution is -0.149. The molecule has 0 bridgehead atoms. The van der Waals surface area contributed by atoms with Crippen LogP contribution in [0.1, 0.15) is 30.3 Å². The number of hydrogen-bond donors (Lipinski definition) is 0. The van der Waals surface area contributed by atoms with Gasteiger partial charge in [-0.25, -0.2) is 0 Å². The molecule has 86 valence electrons. The molecule has 0 aliphatic carbocycles. The first-order valence-corrected chi connectivity index (χ1v) is 5.47. The highest BCUT2D eigenvalue weighted by Gasteiger charge is 2.33. The van der Waals surface area contributed by atoms with Crippen LogP contribution in [0.4, 0.5) is 0 Å². The first-order valence-electron chi connectivity index (χ1n) is 5.47. The van der Waals surface area contributed by atoms with Crippen molar-refractivity contribution < 1.29 is 9.59 Å². The molecule has 1 aromatic rings. The van der Waals surface area contributed by atoms with Gasteiger partial charge in [-0.05, 0) is 32.4 Å². The monoisotopic (exact) mass is 220 g/mol. The molecule has 1 aromatic heterocycles. The Kier molecular flexibility index (Phi) is 2.58. The lowest BCUT2D eigenvalue weighted by atomic mass is 10.0. The van der Waals surface area contributed by atoms with E-state index in [2.05, 4.69) is 0 Å². The maximum absolute atomic E-state index is 12.0. The Bertz CT molecular complexity index is 428. The number of imide groups is 1. The Balaban J connectivity index is 2.36. The van der Waals surface area contributed by atoms with Crippen molar-refractivity contribution >= 4 is 11.8 Å². The number of hydrogen-bond acceptors (Lipinski definition) is 2. The van der Waals surface area contributed by atoms with Gasteiger partial charge in [-0.15, -0.1) is 0 Å². The van der Waals surface area contributed by atoms with Crippen molar-refractivity contribution in [2.24, 2.45) is 0 Å². The number of likely N-dealkylation sites (N-methyl/N-ethyl adjacent to an activating group) is 1. The number of carbonyl (C=O) groups is 2. The molecule has 0 aromatic carbocycles. The van der Waals surface area contributed by atoms with Crippen LogP contribution in [0, 0.1) is 13.8 Å². The highest BCUT2D eigenvalue weighted by atomic mass is 16.2. The fraction of sp³-hybridized carbons (Fsp3) is 0.500. The van der Waals surface area contributed by atoms with Crippen molar-refractivity contribution in [1.82, 2.24) is 9.47 Å². The summed E-state index contributed by atoms with van der Waals surface area (Å²) in [5, 5.41) is 0. The number of rotatable bonds is 1. The van der Waals surface area contributed by atoms with E-state index in [1.54, 1.807) is 7.05 Å². The highest BCUT2D eigenvalue weighted by molar-refractivity contribution is 5.99. The third-order valence-electron chi connectivity index (χ3n) is 3.26. The maximum Gasteiger partial charge on any atom is 0.251 e. The topological polar surface area (TPSA) is 42.3 Å². The van der Waals surface area contributed by atoms with Crippen LogP contribution in [-0.2, 0) is 9.59 Å². The minimum atomic E-state index is -0.210. The molecule has 0 spiro atoms. The molecular formula is C12H16N2O2. The number of aromatic nitrogens is 1. The van der Waals surface area contributed by atoms with Crippen LogP contribution < -0.4 is 0 Å². The van der Waals surface area contributed by atoms with Gasteiger partial charge >= 0.3 is 0 Å². The summed E-state index contributed by atoms with van der Waals surface area (Å²) in [6, 6.07) is 3.79. The second kappa shape index (κ2) is 3.77. The molecule has 1 unspecified atom stereocenters. The summed E-state index contributed by atoms with van der Waals surface area (Å²) in [6.07, 6.45) is 1.06. The number of amides is 2. The zero-order valence-corrected chi connectivity index (χ0v) is 9.86. The number of carbonyl (C=O) groups excluding carboxylic acids is 2. The molecule has 1 saturated heterocycles. The van der Waals surface area contributed by atoms with Crippen molar-refractivity contribution in [3.63, 3.8) is 0 Å². The van der Waals surface area contributed by atoms with Crippen molar-refractivity contribution in [1.29, 1.82) is 0 Å². The lowest BCUT2D eigenvalue weighted by Crippen LogP contribution is -2.43. The lowest BCUT2D eigenvalue weighted by Gasteiger charge is -2.30. The maximum atomic E-state index is 12.0. The number of aryl methyl sites for hydroxylation is 2. The van der Waals surface area contributed by atoms with Gasteiger partial charge in [0, 0.05) is 24.9 Å². The highest BCUT2D eigenvalue weighted by Crippen LogP contribution is 2.26. The van der Waals surface area contributed by atoms with Gasteiger partial charge in [0.15, 0.2) is 0 Å². The van der Waals surface area contributed by atoms with Gasteiger partial charge in [0.05, 0.1) is 0 Å². The normalized spacial score (nSPS) is 21.7. The predicted octanol–water partition coefficient (Wildman–Crippen LogP) is 1.42. The molecule has 1 aliphatic rings. The Hall–Kier alpha value is -1.58. The van der Waals surface area contributed by atoms with Gasteiger partial charge < -0.3 is 4.57 Å². The second-order valence-corrected chi connectivity index (χ2v) is 4.33. The minimum Gasteiger partial charge on any atom is -0.337 e. The second-order valence-electron chi connectivity index (χ2n) is 4.33. The fourth-order valence-corrected chi connectivity index (χ4v) is 2.31. The van der Waals surface area contributed by atoms with Gasteiger partial charge in [0.25, 0.3) is 5.91 Å². The predicted molar refractivity (Wildman–Crippen MR) is 60.0 cm³/mol. The zero-order chi connectivity index (χ0) is 11.9. The average Bonchev–Trinajstić information content (AvgIpc) is 2.57. The van der Waals surface area contributed by atoms with E-state index in [9.17, 15) is 9.59 Å². The molecule has 0 radical (unpaired) electrons. The van der Waals surface area contributed by atoms with E-state index in [1.807, 2.05) is 30.5 Å². The van der Waals surface area contributed by atoms with Crippen LogP contribution in [0.3, 0.4) is 0 Å². The first-order chi connectivity index (χ1) is 7.52. The van der Waals surface area contributed by atoms with Crippen molar-refractivity contribution in [3.8, 4) is 0 Å². The largest absolute Gasteiger partial charge is 0.337 e. The van der Waals surface area contributed by atoms with Crippen molar-refractivity contribution in [2.75, 3.05) is 7.05 Å². The number of likely N-dealkylation sites (tertiary alicyclic amines) is 1. The van der Waals surface area contributed by atoms with Crippen LogP contribution in [0.2, 0.25) is 0 Å². The molecule has 2 amide bonds. The van der Waals surface area contributed by atoms with Crippen LogP contribution in [0.5, 0.6) is 0 Å². The van der Waals surface area contributed by atoms with E-state index in [0.717, 1.165) is 11.4 Å². The van der Waals surface area contributed by atoms with E-state index in [4.69, 9.17) is 0 Å². The first kappa shape index (κ1) is 10.9. The van der Waals surface area contributed by atoms with E-state index in [1.165, 1.54) is 4.90 Å². The molecule has 1 atom stereocenters. The minimum absolute atomic E-state index is 0.0799. The van der Waals surface area contributed by atoms with Crippen LogP contribution in [-0.4, -0.2) is 28.3 Å². The van der Waals surface area contributed by atoms with E-state index < -0.39 is 0 Å². The van der Waals surface area contributed by atoms with Crippen molar-refractivity contribution in [2.45, 2.75) is 32.7 Å². The Morgan fingerprint density at radius 1 is 1.19 bits per heavy atom. The summed E-state index contributed by atoms with van der Waals surface area (Å²) in [5.41, 5.74) is 2.14. The summed E-state index contributed by atoms with van der Waals surface area (Å²) in [4.78, 5) is 24.7. The molecule has 2 rings (SSSR count). The Morgan fingerprint density at radius 3 is 2.31 bits per heavy atom. The molecule has 0 saturated carbocycles. The summed E-state index contributed by atoms with van der Waals surface area (Å²) in [5.74, 6) is -0.178. The SMILES string of the molecule is Cc1ccc(C)n1C1CCC(=O)N(C)C1=O. The number of nitrogens with zero attached hydrogens (tertiary/aromatic N) is 2. The standard InChI is InChI=1S/C12H16N2O2/c1-8-4-5-9(2)14(8)10-6-7-11(15)13(3)12(10)16/h4-5,10H,6-7H2,1-3H3. The van der Waals surface area contributed by atoms with Crippen LogP contribution >= 0.6 is 0 Å². The zero-order valence-electron chi connectivity index (χ0n) is 9.86. The average molecular weight is 220 g/mol. The van der Waals surface area contributed by atoms with E-state index >= 15 is 0 Å². The summed E-state index contributed by atoms with van der Waals surface area (Å²) in [7, 11) is 1.56. The molecule has 16 heavy (non-hydrogen) atoms. The van der Waals surface area contributed by atoms with Gasteiger partial charge in [-0.1, -0.05) is 0 Å². The molecule has 2 heterocycles. The molecule has 0 N–H and O–H groups in total. The Labute approximate surface area is 94.8 Å².